The van der Waals surface area contributed by atoms with Crippen molar-refractivity contribution in [3.05, 3.63) is 0 Å². The minimum absolute atomic E-state index is 0.271. The summed E-state index contributed by atoms with van der Waals surface area (Å²) >= 11 is 0. The van der Waals surface area contributed by atoms with E-state index in [2.05, 4.69) is 19.2 Å². The van der Waals surface area contributed by atoms with Gasteiger partial charge in [-0.15, -0.1) is 0 Å². The van der Waals surface area contributed by atoms with Crippen molar-refractivity contribution in [3.8, 4) is 0 Å². The summed E-state index contributed by atoms with van der Waals surface area (Å²) < 4.78 is 16.3. The van der Waals surface area contributed by atoms with E-state index in [0.717, 1.165) is 19.6 Å². The maximum absolute atomic E-state index is 11.1. The standard InChI is InChI=1S/C11H25NO2S/c1-9(2)11(8-14-4)12-7-6-10(3)15(5)13/h9-12H,6-8H2,1-5H3. The molecule has 0 aromatic heterocycles. The maximum atomic E-state index is 11.1. The molecule has 0 bridgehead atoms. The highest BCUT2D eigenvalue weighted by Gasteiger charge is 2.13. The Labute approximate surface area is 96.4 Å². The van der Waals surface area contributed by atoms with Gasteiger partial charge < -0.3 is 10.1 Å². The summed E-state index contributed by atoms with van der Waals surface area (Å²) in [6.07, 6.45) is 2.72. The summed E-state index contributed by atoms with van der Waals surface area (Å²) in [6.45, 7) is 8.03. The van der Waals surface area contributed by atoms with E-state index in [9.17, 15) is 4.21 Å². The maximum Gasteiger partial charge on any atom is 0.0618 e. The SMILES string of the molecule is COCC(NCCC(C)S(C)=O)C(C)C. The molecule has 0 fully saturated rings. The molecular weight excluding hydrogens is 210 g/mol. The van der Waals surface area contributed by atoms with Gasteiger partial charge in [0.2, 0.25) is 0 Å². The highest BCUT2D eigenvalue weighted by molar-refractivity contribution is 7.84. The van der Waals surface area contributed by atoms with Crippen LogP contribution in [0.15, 0.2) is 0 Å². The van der Waals surface area contributed by atoms with Crippen molar-refractivity contribution in [1.82, 2.24) is 5.32 Å². The van der Waals surface area contributed by atoms with Crippen molar-refractivity contribution in [1.29, 1.82) is 0 Å². The molecule has 92 valence electrons. The van der Waals surface area contributed by atoms with E-state index in [1.54, 1.807) is 13.4 Å². The molecule has 0 radical (unpaired) electrons. The van der Waals surface area contributed by atoms with Gasteiger partial charge in [0.1, 0.15) is 0 Å². The normalized spacial score (nSPS) is 17.7. The zero-order chi connectivity index (χ0) is 11.8. The summed E-state index contributed by atoms with van der Waals surface area (Å²) in [7, 11) is 1.01. The number of methoxy groups -OCH3 is 1. The molecule has 4 heteroatoms. The molecule has 0 aromatic rings. The van der Waals surface area contributed by atoms with Crippen molar-refractivity contribution in [3.63, 3.8) is 0 Å². The Morgan fingerprint density at radius 3 is 2.33 bits per heavy atom. The monoisotopic (exact) mass is 235 g/mol. The molecule has 0 amide bonds. The quantitative estimate of drug-likeness (QED) is 0.691. The van der Waals surface area contributed by atoms with E-state index >= 15 is 0 Å². The number of hydrogen-bond acceptors (Lipinski definition) is 3. The third-order valence-corrected chi connectivity index (χ3v) is 4.04. The predicted molar refractivity (Wildman–Crippen MR) is 66.7 cm³/mol. The largest absolute Gasteiger partial charge is 0.383 e. The average molecular weight is 235 g/mol. The molecule has 3 unspecified atom stereocenters. The van der Waals surface area contributed by atoms with Crippen LogP contribution in [0.4, 0.5) is 0 Å². The van der Waals surface area contributed by atoms with E-state index in [4.69, 9.17) is 4.74 Å². The van der Waals surface area contributed by atoms with Crippen molar-refractivity contribution >= 4 is 10.8 Å². The second-order valence-electron chi connectivity index (χ2n) is 4.36. The van der Waals surface area contributed by atoms with Gasteiger partial charge in [-0.05, 0) is 18.9 Å². The summed E-state index contributed by atoms with van der Waals surface area (Å²) in [6, 6.07) is 0.396. The van der Waals surface area contributed by atoms with Gasteiger partial charge in [0.05, 0.1) is 6.61 Å². The summed E-state index contributed by atoms with van der Waals surface area (Å²) in [5.41, 5.74) is 0. The molecule has 0 rings (SSSR count). The van der Waals surface area contributed by atoms with Crippen molar-refractivity contribution in [2.24, 2.45) is 5.92 Å². The summed E-state index contributed by atoms with van der Waals surface area (Å²) in [5.74, 6) is 0.562. The van der Waals surface area contributed by atoms with Crippen LogP contribution in [-0.4, -0.2) is 42.0 Å². The first kappa shape index (κ1) is 15.1. The number of hydrogen-bond donors (Lipinski definition) is 1. The molecule has 0 spiro atoms. The molecule has 1 N–H and O–H groups in total. The fraction of sp³-hybridized carbons (Fsp3) is 1.00. The van der Waals surface area contributed by atoms with Gasteiger partial charge in [-0.25, -0.2) is 0 Å². The van der Waals surface area contributed by atoms with Gasteiger partial charge in [0.15, 0.2) is 0 Å². The van der Waals surface area contributed by atoms with Crippen LogP contribution in [-0.2, 0) is 15.5 Å². The zero-order valence-electron chi connectivity index (χ0n) is 10.6. The molecule has 0 aliphatic rings. The van der Waals surface area contributed by atoms with Crippen LogP contribution >= 0.6 is 0 Å². The van der Waals surface area contributed by atoms with Crippen LogP contribution in [0.2, 0.25) is 0 Å². The fourth-order valence-corrected chi connectivity index (χ4v) is 1.75. The van der Waals surface area contributed by atoms with Gasteiger partial charge >= 0.3 is 0 Å². The van der Waals surface area contributed by atoms with Gasteiger partial charge in [-0.3, -0.25) is 4.21 Å². The zero-order valence-corrected chi connectivity index (χ0v) is 11.4. The van der Waals surface area contributed by atoms with Gasteiger partial charge in [-0.2, -0.15) is 0 Å². The molecule has 3 atom stereocenters. The van der Waals surface area contributed by atoms with Crippen LogP contribution in [0.3, 0.4) is 0 Å². The Hall–Kier alpha value is 0.0700. The van der Waals surface area contributed by atoms with Gasteiger partial charge in [-0.1, -0.05) is 20.8 Å². The van der Waals surface area contributed by atoms with Crippen LogP contribution in [0, 0.1) is 5.92 Å². The number of ether oxygens (including phenoxy) is 1. The fourth-order valence-electron chi connectivity index (χ4n) is 1.30. The van der Waals surface area contributed by atoms with Crippen LogP contribution in [0.25, 0.3) is 0 Å². The lowest BCUT2D eigenvalue weighted by Gasteiger charge is -2.22. The van der Waals surface area contributed by atoms with Gasteiger partial charge in [0.25, 0.3) is 0 Å². The van der Waals surface area contributed by atoms with Crippen molar-refractivity contribution in [2.45, 2.75) is 38.5 Å². The van der Waals surface area contributed by atoms with Crippen molar-refractivity contribution in [2.75, 3.05) is 26.5 Å². The minimum Gasteiger partial charge on any atom is -0.383 e. The number of rotatable bonds is 8. The molecular formula is C11H25NO2S. The molecule has 0 heterocycles. The molecule has 0 aliphatic heterocycles. The van der Waals surface area contributed by atoms with Crippen LogP contribution in [0.1, 0.15) is 27.2 Å². The molecule has 0 aliphatic carbocycles. The lowest BCUT2D eigenvalue weighted by atomic mass is 10.1. The van der Waals surface area contributed by atoms with E-state index in [1.807, 2.05) is 6.92 Å². The summed E-state index contributed by atoms with van der Waals surface area (Å²) in [4.78, 5) is 0. The first-order valence-corrected chi connectivity index (χ1v) is 7.15. The van der Waals surface area contributed by atoms with Crippen LogP contribution in [0.5, 0.6) is 0 Å². The highest BCUT2D eigenvalue weighted by Crippen LogP contribution is 2.03. The topological polar surface area (TPSA) is 38.3 Å². The van der Waals surface area contributed by atoms with E-state index in [-0.39, 0.29) is 5.25 Å². The Kier molecular flexibility index (Phi) is 8.29. The molecule has 0 saturated carbocycles. The third kappa shape index (κ3) is 7.03. The Morgan fingerprint density at radius 1 is 1.33 bits per heavy atom. The lowest BCUT2D eigenvalue weighted by Crippen LogP contribution is -2.39. The molecule has 0 saturated heterocycles. The average Bonchev–Trinajstić information content (AvgIpc) is 2.15. The molecule has 15 heavy (non-hydrogen) atoms. The van der Waals surface area contributed by atoms with E-state index < -0.39 is 10.8 Å². The summed E-state index contributed by atoms with van der Waals surface area (Å²) in [5, 5.41) is 3.72. The van der Waals surface area contributed by atoms with Crippen LogP contribution < -0.4 is 5.32 Å². The van der Waals surface area contributed by atoms with E-state index in [1.165, 1.54) is 0 Å². The smallest absolute Gasteiger partial charge is 0.0618 e. The Bertz CT molecular complexity index is 185. The first-order valence-electron chi connectivity index (χ1n) is 5.53. The second kappa shape index (κ2) is 8.25. The number of nitrogens with one attached hydrogen (secondary N) is 1. The van der Waals surface area contributed by atoms with Crippen molar-refractivity contribution < 1.29 is 8.95 Å². The Balaban J connectivity index is 3.75. The minimum atomic E-state index is -0.711. The molecule has 0 aromatic carbocycles. The predicted octanol–water partition coefficient (Wildman–Crippen LogP) is 1.40. The first-order chi connectivity index (χ1) is 6.99. The molecule has 3 nitrogen and oxygen atoms in total. The Morgan fingerprint density at radius 2 is 1.93 bits per heavy atom. The van der Waals surface area contributed by atoms with Gasteiger partial charge in [0, 0.05) is 35.5 Å². The van der Waals surface area contributed by atoms with E-state index in [0.29, 0.717) is 12.0 Å². The lowest BCUT2D eigenvalue weighted by molar-refractivity contribution is 0.147. The highest BCUT2D eigenvalue weighted by atomic mass is 32.2. The third-order valence-electron chi connectivity index (χ3n) is 2.67. The second-order valence-corrected chi connectivity index (χ2v) is 6.16.